The smallest absolute Gasteiger partial charge is 0.251 e. The van der Waals surface area contributed by atoms with Gasteiger partial charge in [-0.25, -0.2) is 0 Å². The summed E-state index contributed by atoms with van der Waals surface area (Å²) in [4.78, 5) is 12.4. The van der Waals surface area contributed by atoms with Gasteiger partial charge in [0.25, 0.3) is 5.91 Å². The summed E-state index contributed by atoms with van der Waals surface area (Å²) in [6.45, 7) is 4.02. The van der Waals surface area contributed by atoms with E-state index in [1.807, 2.05) is 0 Å². The van der Waals surface area contributed by atoms with E-state index in [4.69, 9.17) is 14.2 Å². The second-order valence-electron chi connectivity index (χ2n) is 5.83. The number of ether oxygens (including phenoxy) is 3. The number of amides is 1. The van der Waals surface area contributed by atoms with Gasteiger partial charge < -0.3 is 24.8 Å². The van der Waals surface area contributed by atoms with Crippen molar-refractivity contribution in [3.63, 3.8) is 0 Å². The summed E-state index contributed by atoms with van der Waals surface area (Å²) in [6, 6.07) is 11.6. The van der Waals surface area contributed by atoms with Crippen LogP contribution in [0.15, 0.2) is 36.4 Å². The lowest BCUT2D eigenvalue weighted by Crippen LogP contribution is -2.31. The zero-order chi connectivity index (χ0) is 18.9. The third kappa shape index (κ3) is 5.13. The summed E-state index contributed by atoms with van der Waals surface area (Å²) in [5, 5.41) is 6.19. The van der Waals surface area contributed by atoms with Crippen LogP contribution in [-0.2, 0) is 6.54 Å². The Balaban J connectivity index is 1.86. The molecule has 26 heavy (non-hydrogen) atoms. The highest BCUT2D eigenvalue weighted by Gasteiger charge is 2.16. The molecule has 0 heterocycles. The lowest BCUT2D eigenvalue weighted by molar-refractivity contribution is 0.0953. The van der Waals surface area contributed by atoms with Crippen molar-refractivity contribution in [2.45, 2.75) is 13.5 Å². The molecule has 0 radical (unpaired) electrons. The Hall–Kier alpha value is -2.73. The maximum Gasteiger partial charge on any atom is 0.251 e. The van der Waals surface area contributed by atoms with E-state index in [9.17, 15) is 4.79 Å². The second-order valence-corrected chi connectivity index (χ2v) is 5.83. The van der Waals surface area contributed by atoms with Crippen LogP contribution in [0.5, 0.6) is 17.2 Å². The van der Waals surface area contributed by atoms with Crippen LogP contribution in [-0.4, -0.2) is 40.3 Å². The van der Waals surface area contributed by atoms with E-state index >= 15 is 0 Å². The maximum atomic E-state index is 12.4. The molecule has 0 aliphatic rings. The van der Waals surface area contributed by atoms with E-state index in [1.165, 1.54) is 32.5 Å². The highest BCUT2D eigenvalue weighted by molar-refractivity contribution is 5.95. The average molecular weight is 358 g/mol. The van der Waals surface area contributed by atoms with Gasteiger partial charge in [-0.1, -0.05) is 29.8 Å². The predicted molar refractivity (Wildman–Crippen MR) is 101 cm³/mol. The number of benzene rings is 2. The molecule has 6 heteroatoms. The third-order valence-electron chi connectivity index (χ3n) is 3.96. The Morgan fingerprint density at radius 1 is 0.923 bits per heavy atom. The minimum absolute atomic E-state index is 0.193. The number of carbonyl (C=O) groups excluding carboxylic acids is 1. The maximum absolute atomic E-state index is 12.4. The van der Waals surface area contributed by atoms with Crippen LogP contribution in [0, 0.1) is 6.92 Å². The van der Waals surface area contributed by atoms with Crippen LogP contribution >= 0.6 is 0 Å². The molecule has 0 aliphatic carbocycles. The van der Waals surface area contributed by atoms with Crippen molar-refractivity contribution in [2.24, 2.45) is 0 Å². The third-order valence-corrected chi connectivity index (χ3v) is 3.96. The standard InChI is InChI=1S/C20H26N2O4/c1-14-5-7-15(8-6-14)13-21-9-10-22-20(23)16-11-17(24-2)19(26-4)18(12-16)25-3/h5-8,11-12,21H,9-10,13H2,1-4H3,(H,22,23). The Kier molecular flexibility index (Phi) is 7.29. The topological polar surface area (TPSA) is 68.8 Å². The van der Waals surface area contributed by atoms with Gasteiger partial charge in [0.15, 0.2) is 11.5 Å². The minimum atomic E-state index is -0.193. The summed E-state index contributed by atoms with van der Waals surface area (Å²) >= 11 is 0. The average Bonchev–Trinajstić information content (AvgIpc) is 2.67. The van der Waals surface area contributed by atoms with E-state index in [0.717, 1.165) is 6.54 Å². The number of rotatable bonds is 9. The van der Waals surface area contributed by atoms with E-state index in [-0.39, 0.29) is 5.91 Å². The molecular formula is C20H26N2O4. The number of hydrogen-bond donors (Lipinski definition) is 2. The van der Waals surface area contributed by atoms with Crippen LogP contribution in [0.4, 0.5) is 0 Å². The van der Waals surface area contributed by atoms with Gasteiger partial charge >= 0.3 is 0 Å². The summed E-state index contributed by atoms with van der Waals surface area (Å²) in [5.74, 6) is 1.18. The summed E-state index contributed by atoms with van der Waals surface area (Å²) in [6.07, 6.45) is 0. The van der Waals surface area contributed by atoms with Gasteiger partial charge in [-0.3, -0.25) is 4.79 Å². The number of methoxy groups -OCH3 is 3. The molecule has 2 rings (SSSR count). The Bertz CT molecular complexity index is 704. The van der Waals surface area contributed by atoms with Gasteiger partial charge in [-0.05, 0) is 24.6 Å². The lowest BCUT2D eigenvalue weighted by atomic mass is 10.1. The molecule has 0 atom stereocenters. The number of aryl methyl sites for hydroxylation is 1. The van der Waals surface area contributed by atoms with Crippen molar-refractivity contribution in [1.29, 1.82) is 0 Å². The van der Waals surface area contributed by atoms with Gasteiger partial charge in [0.05, 0.1) is 21.3 Å². The molecule has 0 saturated heterocycles. The largest absolute Gasteiger partial charge is 0.493 e. The van der Waals surface area contributed by atoms with Crippen LogP contribution in [0.2, 0.25) is 0 Å². The molecule has 0 saturated carbocycles. The monoisotopic (exact) mass is 358 g/mol. The van der Waals surface area contributed by atoms with Crippen molar-refractivity contribution in [2.75, 3.05) is 34.4 Å². The van der Waals surface area contributed by atoms with Gasteiger partial charge in [-0.15, -0.1) is 0 Å². The van der Waals surface area contributed by atoms with Crippen molar-refractivity contribution >= 4 is 5.91 Å². The number of hydrogen-bond acceptors (Lipinski definition) is 5. The molecule has 2 N–H and O–H groups in total. The second kappa shape index (κ2) is 9.68. The first-order valence-corrected chi connectivity index (χ1v) is 8.43. The van der Waals surface area contributed by atoms with Crippen LogP contribution in [0.25, 0.3) is 0 Å². The van der Waals surface area contributed by atoms with Gasteiger partial charge in [-0.2, -0.15) is 0 Å². The van der Waals surface area contributed by atoms with E-state index in [2.05, 4.69) is 41.8 Å². The fraction of sp³-hybridized carbons (Fsp3) is 0.350. The Morgan fingerprint density at radius 3 is 2.08 bits per heavy atom. The Labute approximate surface area is 154 Å². The van der Waals surface area contributed by atoms with Crippen molar-refractivity contribution < 1.29 is 19.0 Å². The van der Waals surface area contributed by atoms with Gasteiger partial charge in [0.2, 0.25) is 5.75 Å². The molecular weight excluding hydrogens is 332 g/mol. The SMILES string of the molecule is COc1cc(C(=O)NCCNCc2ccc(C)cc2)cc(OC)c1OC. The van der Waals surface area contributed by atoms with Crippen molar-refractivity contribution in [3.8, 4) is 17.2 Å². The first kappa shape index (κ1) is 19.6. The molecule has 2 aromatic rings. The zero-order valence-electron chi connectivity index (χ0n) is 15.7. The molecule has 1 amide bonds. The number of carbonyl (C=O) groups is 1. The summed E-state index contributed by atoms with van der Waals surface area (Å²) < 4.78 is 15.8. The highest BCUT2D eigenvalue weighted by Crippen LogP contribution is 2.38. The van der Waals surface area contributed by atoms with Crippen LogP contribution in [0.1, 0.15) is 21.5 Å². The molecule has 140 valence electrons. The van der Waals surface area contributed by atoms with Crippen LogP contribution in [0.3, 0.4) is 0 Å². The molecule has 6 nitrogen and oxygen atoms in total. The molecule has 0 fully saturated rings. The van der Waals surface area contributed by atoms with Crippen LogP contribution < -0.4 is 24.8 Å². The zero-order valence-corrected chi connectivity index (χ0v) is 15.7. The fourth-order valence-electron chi connectivity index (χ4n) is 2.52. The molecule has 0 bridgehead atoms. The first-order valence-electron chi connectivity index (χ1n) is 8.43. The first-order chi connectivity index (χ1) is 12.6. The molecule has 0 aromatic heterocycles. The quantitative estimate of drug-likeness (QED) is 0.674. The molecule has 0 unspecified atom stereocenters. The summed E-state index contributed by atoms with van der Waals surface area (Å²) in [5.41, 5.74) is 2.91. The van der Waals surface area contributed by atoms with Crippen molar-refractivity contribution in [1.82, 2.24) is 10.6 Å². The lowest BCUT2D eigenvalue weighted by Gasteiger charge is -2.14. The molecule has 2 aromatic carbocycles. The van der Waals surface area contributed by atoms with Gasteiger partial charge in [0, 0.05) is 25.2 Å². The normalized spacial score (nSPS) is 10.3. The Morgan fingerprint density at radius 2 is 1.54 bits per heavy atom. The minimum Gasteiger partial charge on any atom is -0.493 e. The fourth-order valence-corrected chi connectivity index (χ4v) is 2.52. The molecule has 0 spiro atoms. The van der Waals surface area contributed by atoms with Crippen molar-refractivity contribution in [3.05, 3.63) is 53.1 Å². The number of nitrogens with one attached hydrogen (secondary N) is 2. The van der Waals surface area contributed by atoms with E-state index in [0.29, 0.717) is 35.9 Å². The van der Waals surface area contributed by atoms with E-state index < -0.39 is 0 Å². The predicted octanol–water partition coefficient (Wildman–Crippen LogP) is 2.54. The summed E-state index contributed by atoms with van der Waals surface area (Å²) in [7, 11) is 4.57. The highest BCUT2D eigenvalue weighted by atomic mass is 16.5. The van der Waals surface area contributed by atoms with Gasteiger partial charge in [0.1, 0.15) is 0 Å². The van der Waals surface area contributed by atoms with E-state index in [1.54, 1.807) is 12.1 Å². The molecule has 0 aliphatic heterocycles.